The third-order valence-corrected chi connectivity index (χ3v) is 4.99. The molecule has 0 fully saturated rings. The number of rotatable bonds is 3. The predicted octanol–water partition coefficient (Wildman–Crippen LogP) is 4.81. The number of anilines is 1. The highest BCUT2D eigenvalue weighted by Crippen LogP contribution is 2.35. The van der Waals surface area contributed by atoms with Crippen molar-refractivity contribution in [2.45, 2.75) is 33.7 Å². The number of aromatic nitrogens is 3. The smallest absolute Gasteiger partial charge is 0.141 e. The topological polar surface area (TPSA) is 69.9 Å². The molecule has 0 saturated carbocycles. The summed E-state index contributed by atoms with van der Waals surface area (Å²) in [6.45, 7) is 8.07. The summed E-state index contributed by atoms with van der Waals surface area (Å²) in [4.78, 5) is 4.73. The van der Waals surface area contributed by atoms with Crippen LogP contribution in [0.25, 0.3) is 22.2 Å². The largest absolute Gasteiger partial charge is 0.397 e. The molecule has 4 rings (SSSR count). The van der Waals surface area contributed by atoms with Crippen molar-refractivity contribution in [2.24, 2.45) is 0 Å². The highest BCUT2D eigenvalue weighted by atomic mass is 16.5. The Bertz CT molecular complexity index is 1070. The monoisotopic (exact) mass is 346 g/mol. The first-order chi connectivity index (χ1) is 12.5. The highest BCUT2D eigenvalue weighted by molar-refractivity contribution is 5.93. The molecular weight excluding hydrogens is 324 g/mol. The Balaban J connectivity index is 1.96. The van der Waals surface area contributed by atoms with E-state index in [1.54, 1.807) is 0 Å². The molecule has 0 aliphatic carbocycles. The molecule has 26 heavy (non-hydrogen) atoms. The molecule has 2 heterocycles. The molecule has 0 unspecified atom stereocenters. The van der Waals surface area contributed by atoms with Crippen molar-refractivity contribution >= 4 is 16.7 Å². The Labute approximate surface area is 152 Å². The number of nitrogen functional groups attached to an aromatic ring is 1. The summed E-state index contributed by atoms with van der Waals surface area (Å²) in [6, 6.07) is 14.7. The molecule has 132 valence electrons. The van der Waals surface area contributed by atoms with Crippen molar-refractivity contribution in [2.75, 3.05) is 5.73 Å². The maximum absolute atomic E-state index is 6.36. The number of nitrogens with two attached hydrogens (primary N) is 1. The molecule has 0 radical (unpaired) electrons. The second-order valence-electron chi connectivity index (χ2n) is 6.75. The number of hydrogen-bond donors (Lipinski definition) is 1. The van der Waals surface area contributed by atoms with Crippen LogP contribution >= 0.6 is 0 Å². The molecule has 5 heteroatoms. The van der Waals surface area contributed by atoms with Crippen molar-refractivity contribution in [1.29, 1.82) is 0 Å². The van der Waals surface area contributed by atoms with E-state index in [1.807, 2.05) is 32.9 Å². The maximum Gasteiger partial charge on any atom is 0.141 e. The predicted molar refractivity (Wildman–Crippen MR) is 104 cm³/mol. The quantitative estimate of drug-likeness (QED) is 0.541. The average molecular weight is 346 g/mol. The minimum Gasteiger partial charge on any atom is -0.397 e. The number of nitrogens with zero attached hydrogens (tertiary/aromatic N) is 3. The Kier molecular flexibility index (Phi) is 3.80. The second-order valence-corrected chi connectivity index (χ2v) is 6.75. The summed E-state index contributed by atoms with van der Waals surface area (Å²) in [5, 5.41) is 4.07. The fourth-order valence-corrected chi connectivity index (χ4v) is 3.75. The van der Waals surface area contributed by atoms with Crippen LogP contribution in [0.2, 0.25) is 0 Å². The third kappa shape index (κ3) is 2.47. The van der Waals surface area contributed by atoms with Gasteiger partial charge in [0.25, 0.3) is 0 Å². The van der Waals surface area contributed by atoms with Crippen LogP contribution in [0.4, 0.5) is 5.69 Å². The van der Waals surface area contributed by atoms with Gasteiger partial charge in [-0.25, -0.2) is 4.98 Å². The Morgan fingerprint density at radius 3 is 2.46 bits per heavy atom. The highest BCUT2D eigenvalue weighted by Gasteiger charge is 2.19. The number of fused-ring (bicyclic) bond motifs is 1. The van der Waals surface area contributed by atoms with E-state index in [0.717, 1.165) is 39.4 Å². The molecule has 0 aliphatic heterocycles. The molecule has 0 saturated heterocycles. The van der Waals surface area contributed by atoms with Gasteiger partial charge in [0, 0.05) is 5.56 Å². The fourth-order valence-electron chi connectivity index (χ4n) is 3.75. The van der Waals surface area contributed by atoms with Gasteiger partial charge < -0.3 is 14.8 Å². The minimum absolute atomic E-state index is 0.153. The van der Waals surface area contributed by atoms with Crippen LogP contribution in [0, 0.1) is 20.8 Å². The number of imidazole rings is 1. The summed E-state index contributed by atoms with van der Waals surface area (Å²) in [5.41, 5.74) is 13.0. The lowest BCUT2D eigenvalue weighted by Gasteiger charge is -2.17. The van der Waals surface area contributed by atoms with Gasteiger partial charge in [-0.3, -0.25) is 0 Å². The first-order valence-corrected chi connectivity index (χ1v) is 8.73. The Morgan fingerprint density at radius 2 is 1.81 bits per heavy atom. The van der Waals surface area contributed by atoms with Crippen LogP contribution < -0.4 is 5.73 Å². The van der Waals surface area contributed by atoms with Gasteiger partial charge in [0.2, 0.25) is 0 Å². The third-order valence-electron chi connectivity index (χ3n) is 4.99. The first-order valence-electron chi connectivity index (χ1n) is 8.73. The lowest BCUT2D eigenvalue weighted by Crippen LogP contribution is -2.08. The summed E-state index contributed by atoms with van der Waals surface area (Å²) in [6.07, 6.45) is 0. The summed E-state index contributed by atoms with van der Waals surface area (Å²) >= 11 is 0. The summed E-state index contributed by atoms with van der Waals surface area (Å²) < 4.78 is 7.58. The molecule has 5 nitrogen and oxygen atoms in total. The normalized spacial score (nSPS) is 12.6. The van der Waals surface area contributed by atoms with E-state index in [0.29, 0.717) is 5.69 Å². The van der Waals surface area contributed by atoms with Crippen molar-refractivity contribution in [3.05, 3.63) is 65.3 Å². The Morgan fingerprint density at radius 1 is 1.08 bits per heavy atom. The van der Waals surface area contributed by atoms with E-state index in [9.17, 15) is 0 Å². The summed E-state index contributed by atoms with van der Waals surface area (Å²) in [7, 11) is 0. The maximum atomic E-state index is 6.36. The van der Waals surface area contributed by atoms with Gasteiger partial charge in [-0.2, -0.15) is 0 Å². The lowest BCUT2D eigenvalue weighted by molar-refractivity contribution is 0.393. The van der Waals surface area contributed by atoms with Crippen molar-refractivity contribution in [3.8, 4) is 11.1 Å². The van der Waals surface area contributed by atoms with Gasteiger partial charge in [-0.15, -0.1) is 0 Å². The van der Waals surface area contributed by atoms with Gasteiger partial charge >= 0.3 is 0 Å². The molecular formula is C21H22N4O. The van der Waals surface area contributed by atoms with E-state index in [4.69, 9.17) is 15.2 Å². The lowest BCUT2D eigenvalue weighted by atomic mass is 10.0. The minimum atomic E-state index is 0.153. The van der Waals surface area contributed by atoms with Crippen molar-refractivity contribution < 1.29 is 4.52 Å². The van der Waals surface area contributed by atoms with E-state index >= 15 is 0 Å². The molecule has 2 aromatic carbocycles. The average Bonchev–Trinajstić information content (AvgIpc) is 3.14. The SMILES string of the molecule is Cc1noc(C)c1-c1cc(N)c2nc(C)n([C@@H](C)c3ccccc3)c2c1. The van der Waals surface area contributed by atoms with Crippen LogP contribution in [-0.2, 0) is 0 Å². The number of benzene rings is 2. The van der Waals surface area contributed by atoms with Gasteiger partial charge in [-0.05, 0) is 51.0 Å². The fraction of sp³-hybridized carbons (Fsp3) is 0.238. The molecule has 4 aromatic rings. The molecule has 1 atom stereocenters. The number of aryl methyl sites for hydroxylation is 3. The molecule has 0 bridgehead atoms. The molecule has 0 aliphatic rings. The zero-order valence-corrected chi connectivity index (χ0v) is 15.4. The molecule has 0 spiro atoms. The van der Waals surface area contributed by atoms with E-state index in [1.165, 1.54) is 5.56 Å². The molecule has 2 aromatic heterocycles. The Hall–Kier alpha value is -3.08. The van der Waals surface area contributed by atoms with Crippen LogP contribution in [0.15, 0.2) is 47.0 Å². The van der Waals surface area contributed by atoms with Crippen LogP contribution in [0.3, 0.4) is 0 Å². The standard InChI is InChI=1S/C21H22N4O/c1-12-20(14(3)26-24-12)17-10-18(22)21-19(11-17)25(15(4)23-21)13(2)16-8-6-5-7-9-16/h5-11,13H,22H2,1-4H3/t13-/m0/s1. The van der Waals surface area contributed by atoms with Crippen molar-refractivity contribution in [3.63, 3.8) is 0 Å². The molecule has 0 amide bonds. The zero-order chi connectivity index (χ0) is 18.4. The van der Waals surface area contributed by atoms with Crippen molar-refractivity contribution in [1.82, 2.24) is 14.7 Å². The number of hydrogen-bond acceptors (Lipinski definition) is 4. The van der Waals surface area contributed by atoms with E-state index in [2.05, 4.69) is 47.0 Å². The van der Waals surface area contributed by atoms with Gasteiger partial charge in [0.15, 0.2) is 0 Å². The van der Waals surface area contributed by atoms with E-state index < -0.39 is 0 Å². The van der Waals surface area contributed by atoms with Crippen LogP contribution in [0.5, 0.6) is 0 Å². The second kappa shape index (κ2) is 6.02. The van der Waals surface area contributed by atoms with Crippen LogP contribution in [-0.4, -0.2) is 14.7 Å². The van der Waals surface area contributed by atoms with Gasteiger partial charge in [-0.1, -0.05) is 35.5 Å². The van der Waals surface area contributed by atoms with Gasteiger partial charge in [0.1, 0.15) is 17.1 Å². The molecule has 2 N–H and O–H groups in total. The van der Waals surface area contributed by atoms with E-state index in [-0.39, 0.29) is 6.04 Å². The summed E-state index contributed by atoms with van der Waals surface area (Å²) in [5.74, 6) is 1.74. The first kappa shape index (κ1) is 16.4. The zero-order valence-electron chi connectivity index (χ0n) is 15.4. The van der Waals surface area contributed by atoms with Gasteiger partial charge in [0.05, 0.1) is 22.9 Å². The van der Waals surface area contributed by atoms with Crippen LogP contribution in [0.1, 0.15) is 35.8 Å².